The molecule has 3 N–H and O–H groups in total. The van der Waals surface area contributed by atoms with Crippen LogP contribution < -0.4 is 5.14 Å². The smallest absolute Gasteiger partial charge is 0.317 e. The molecule has 0 aromatic heterocycles. The monoisotopic (exact) mass is 237 g/mol. The van der Waals surface area contributed by atoms with Crippen molar-refractivity contribution in [2.24, 2.45) is 5.14 Å². The van der Waals surface area contributed by atoms with Gasteiger partial charge in [0, 0.05) is 26.2 Å². The van der Waals surface area contributed by atoms with E-state index < -0.39 is 16.2 Å². The Balaban J connectivity index is 2.52. The SMILES string of the molecule is NS(=O)(=O)N1CCCN(CC(=O)O)CC1. The highest BCUT2D eigenvalue weighted by molar-refractivity contribution is 7.86. The van der Waals surface area contributed by atoms with E-state index >= 15 is 0 Å². The standard InChI is InChI=1S/C7H15N3O4S/c8-15(13,14)10-3-1-2-9(4-5-10)6-7(11)12/h1-6H2,(H,11,12)(H2,8,13,14). The summed E-state index contributed by atoms with van der Waals surface area (Å²) < 4.78 is 23.2. The maximum Gasteiger partial charge on any atom is 0.317 e. The molecule has 0 aromatic carbocycles. The molecule has 7 nitrogen and oxygen atoms in total. The number of hydrogen-bond donors (Lipinski definition) is 2. The van der Waals surface area contributed by atoms with Crippen LogP contribution >= 0.6 is 0 Å². The lowest BCUT2D eigenvalue weighted by Gasteiger charge is -2.18. The fraction of sp³-hybridized carbons (Fsp3) is 0.857. The van der Waals surface area contributed by atoms with Crippen LogP contribution in [0.4, 0.5) is 0 Å². The molecule has 1 rings (SSSR count). The Morgan fingerprint density at radius 3 is 2.47 bits per heavy atom. The van der Waals surface area contributed by atoms with Crippen molar-refractivity contribution in [3.8, 4) is 0 Å². The zero-order valence-corrected chi connectivity index (χ0v) is 9.11. The summed E-state index contributed by atoms with van der Waals surface area (Å²) in [7, 11) is -3.64. The molecule has 0 radical (unpaired) electrons. The number of aliphatic carboxylic acids is 1. The molecule has 1 fully saturated rings. The molecule has 0 amide bonds. The van der Waals surface area contributed by atoms with Gasteiger partial charge in [0.05, 0.1) is 6.54 Å². The van der Waals surface area contributed by atoms with E-state index in [1.54, 1.807) is 4.90 Å². The van der Waals surface area contributed by atoms with Crippen LogP contribution in [0.5, 0.6) is 0 Å². The molecule has 0 atom stereocenters. The van der Waals surface area contributed by atoms with Gasteiger partial charge >= 0.3 is 5.97 Å². The zero-order valence-electron chi connectivity index (χ0n) is 8.29. The number of hydrogen-bond acceptors (Lipinski definition) is 4. The van der Waals surface area contributed by atoms with Gasteiger partial charge in [-0.25, -0.2) is 5.14 Å². The number of rotatable bonds is 3. The summed E-state index contributed by atoms with van der Waals surface area (Å²) in [5, 5.41) is 13.6. The lowest BCUT2D eigenvalue weighted by molar-refractivity contribution is -0.138. The lowest BCUT2D eigenvalue weighted by atomic mass is 10.4. The Hall–Kier alpha value is -0.700. The molecule has 15 heavy (non-hydrogen) atoms. The van der Waals surface area contributed by atoms with Crippen molar-refractivity contribution in [3.05, 3.63) is 0 Å². The largest absolute Gasteiger partial charge is 0.480 e. The number of nitrogens with two attached hydrogens (primary N) is 1. The molecule has 0 aliphatic carbocycles. The molecule has 0 bridgehead atoms. The second kappa shape index (κ2) is 4.88. The van der Waals surface area contributed by atoms with Gasteiger partial charge in [-0.2, -0.15) is 12.7 Å². The fourth-order valence-corrected chi connectivity index (χ4v) is 2.27. The second-order valence-electron chi connectivity index (χ2n) is 3.47. The van der Waals surface area contributed by atoms with Crippen LogP contribution in [0.3, 0.4) is 0 Å². The van der Waals surface area contributed by atoms with Gasteiger partial charge in [-0.3, -0.25) is 9.69 Å². The van der Waals surface area contributed by atoms with Crippen molar-refractivity contribution in [2.75, 3.05) is 32.7 Å². The molecule has 88 valence electrons. The van der Waals surface area contributed by atoms with Gasteiger partial charge in [0.15, 0.2) is 0 Å². The Morgan fingerprint density at radius 2 is 1.93 bits per heavy atom. The maximum absolute atomic E-state index is 11.0. The van der Waals surface area contributed by atoms with Gasteiger partial charge in [0.2, 0.25) is 0 Å². The van der Waals surface area contributed by atoms with E-state index in [2.05, 4.69) is 0 Å². The summed E-state index contributed by atoms with van der Waals surface area (Å²) in [4.78, 5) is 12.2. The summed E-state index contributed by atoms with van der Waals surface area (Å²) in [6.45, 7) is 1.54. The topological polar surface area (TPSA) is 104 Å². The first-order valence-corrected chi connectivity index (χ1v) is 6.12. The summed E-state index contributed by atoms with van der Waals surface area (Å²) in [6.07, 6.45) is 0.601. The predicted molar refractivity (Wildman–Crippen MR) is 53.4 cm³/mol. The summed E-state index contributed by atoms with van der Waals surface area (Å²) in [6, 6.07) is 0. The fourth-order valence-electron chi connectivity index (χ4n) is 1.55. The summed E-state index contributed by atoms with van der Waals surface area (Å²) >= 11 is 0. The van der Waals surface area contributed by atoms with E-state index in [1.807, 2.05) is 0 Å². The predicted octanol–water partition coefficient (Wildman–Crippen LogP) is -1.72. The van der Waals surface area contributed by atoms with Crippen LogP contribution in [-0.2, 0) is 15.0 Å². The lowest BCUT2D eigenvalue weighted by Crippen LogP contribution is -2.40. The minimum Gasteiger partial charge on any atom is -0.480 e. The van der Waals surface area contributed by atoms with Crippen molar-refractivity contribution in [1.29, 1.82) is 0 Å². The van der Waals surface area contributed by atoms with E-state index in [9.17, 15) is 13.2 Å². The Labute approximate surface area is 88.6 Å². The van der Waals surface area contributed by atoms with Crippen LogP contribution in [0.15, 0.2) is 0 Å². The molecule has 1 heterocycles. The van der Waals surface area contributed by atoms with Crippen molar-refractivity contribution in [2.45, 2.75) is 6.42 Å². The highest BCUT2D eigenvalue weighted by atomic mass is 32.2. The highest BCUT2D eigenvalue weighted by Crippen LogP contribution is 2.04. The quantitative estimate of drug-likeness (QED) is 0.607. The highest BCUT2D eigenvalue weighted by Gasteiger charge is 2.22. The molecule has 0 spiro atoms. The second-order valence-corrected chi connectivity index (χ2v) is 5.01. The Kier molecular flexibility index (Phi) is 4.03. The molecule has 1 aliphatic heterocycles. The van der Waals surface area contributed by atoms with Gasteiger partial charge in [0.1, 0.15) is 0 Å². The molecule has 1 saturated heterocycles. The maximum atomic E-state index is 11.0. The van der Waals surface area contributed by atoms with Crippen LogP contribution in [0.1, 0.15) is 6.42 Å². The van der Waals surface area contributed by atoms with E-state index in [0.717, 1.165) is 0 Å². The minimum atomic E-state index is -3.64. The van der Waals surface area contributed by atoms with Crippen molar-refractivity contribution in [1.82, 2.24) is 9.21 Å². The zero-order chi connectivity index (χ0) is 11.5. The first kappa shape index (κ1) is 12.4. The molecule has 0 saturated carbocycles. The average molecular weight is 237 g/mol. The van der Waals surface area contributed by atoms with Crippen LogP contribution in [0.25, 0.3) is 0 Å². The van der Waals surface area contributed by atoms with E-state index in [4.69, 9.17) is 10.2 Å². The van der Waals surface area contributed by atoms with Crippen molar-refractivity contribution >= 4 is 16.2 Å². The summed E-state index contributed by atoms with van der Waals surface area (Å²) in [5.41, 5.74) is 0. The number of carboxylic acid groups (broad SMARTS) is 1. The average Bonchev–Trinajstić information content (AvgIpc) is 2.27. The van der Waals surface area contributed by atoms with Gasteiger partial charge in [-0.1, -0.05) is 0 Å². The third kappa shape index (κ3) is 4.12. The first-order chi connectivity index (χ1) is 6.89. The van der Waals surface area contributed by atoms with Crippen LogP contribution in [-0.4, -0.2) is 61.4 Å². The molecule has 0 unspecified atom stereocenters. The minimum absolute atomic E-state index is 0.0571. The van der Waals surface area contributed by atoms with E-state index in [0.29, 0.717) is 26.1 Å². The third-order valence-electron chi connectivity index (χ3n) is 2.27. The van der Waals surface area contributed by atoms with Gasteiger partial charge in [-0.05, 0) is 6.42 Å². The van der Waals surface area contributed by atoms with Crippen LogP contribution in [0.2, 0.25) is 0 Å². The Bertz CT molecular complexity index is 329. The van der Waals surface area contributed by atoms with E-state index in [1.165, 1.54) is 4.31 Å². The number of carboxylic acids is 1. The first-order valence-electron chi connectivity index (χ1n) is 4.61. The molecule has 1 aliphatic rings. The third-order valence-corrected chi connectivity index (χ3v) is 3.35. The van der Waals surface area contributed by atoms with Crippen molar-refractivity contribution in [3.63, 3.8) is 0 Å². The van der Waals surface area contributed by atoms with Crippen LogP contribution in [0, 0.1) is 0 Å². The molecular formula is C7H15N3O4S. The summed E-state index contributed by atoms with van der Waals surface area (Å²) in [5.74, 6) is -0.904. The number of nitrogens with zero attached hydrogens (tertiary/aromatic N) is 2. The van der Waals surface area contributed by atoms with Crippen molar-refractivity contribution < 1.29 is 18.3 Å². The molecule has 0 aromatic rings. The molecular weight excluding hydrogens is 222 g/mol. The number of carbonyl (C=O) groups is 1. The normalized spacial score (nSPS) is 21.1. The van der Waals surface area contributed by atoms with Gasteiger partial charge in [0.25, 0.3) is 10.2 Å². The Morgan fingerprint density at radius 1 is 1.27 bits per heavy atom. The molecule has 8 heteroatoms. The van der Waals surface area contributed by atoms with Gasteiger partial charge < -0.3 is 5.11 Å². The van der Waals surface area contributed by atoms with E-state index in [-0.39, 0.29) is 13.1 Å². The van der Waals surface area contributed by atoms with Gasteiger partial charge in [-0.15, -0.1) is 0 Å².